The van der Waals surface area contributed by atoms with Crippen molar-refractivity contribution in [2.45, 2.75) is 0 Å². The van der Waals surface area contributed by atoms with Crippen molar-refractivity contribution in [1.82, 2.24) is 0 Å². The smallest absolute Gasteiger partial charge is 0.127 e. The SMILES string of the molecule is COc1cc(F)cc(-c2[c]cccc2O)c1. The van der Waals surface area contributed by atoms with Gasteiger partial charge in [-0.05, 0) is 29.8 Å². The lowest BCUT2D eigenvalue weighted by molar-refractivity contribution is 0.411. The molecule has 0 aliphatic rings. The maximum Gasteiger partial charge on any atom is 0.127 e. The second-order valence-electron chi connectivity index (χ2n) is 3.31. The summed E-state index contributed by atoms with van der Waals surface area (Å²) < 4.78 is 18.2. The van der Waals surface area contributed by atoms with Crippen LogP contribution < -0.4 is 4.74 Å². The van der Waals surface area contributed by atoms with Gasteiger partial charge in [0.25, 0.3) is 0 Å². The average molecular weight is 217 g/mol. The lowest BCUT2D eigenvalue weighted by Gasteiger charge is -2.06. The van der Waals surface area contributed by atoms with E-state index in [0.717, 1.165) is 0 Å². The third kappa shape index (κ3) is 1.98. The fourth-order valence-electron chi connectivity index (χ4n) is 1.48. The number of rotatable bonds is 2. The van der Waals surface area contributed by atoms with Crippen molar-refractivity contribution < 1.29 is 14.2 Å². The number of hydrogen-bond acceptors (Lipinski definition) is 2. The molecule has 0 spiro atoms. The minimum absolute atomic E-state index is 0.0650. The summed E-state index contributed by atoms with van der Waals surface area (Å²) in [5.74, 6) is 0.0628. The zero-order valence-electron chi connectivity index (χ0n) is 8.70. The van der Waals surface area contributed by atoms with Crippen molar-refractivity contribution >= 4 is 0 Å². The van der Waals surface area contributed by atoms with Gasteiger partial charge in [-0.1, -0.05) is 12.1 Å². The zero-order valence-corrected chi connectivity index (χ0v) is 8.70. The summed E-state index contributed by atoms with van der Waals surface area (Å²) in [6.45, 7) is 0. The molecule has 0 saturated carbocycles. The average Bonchev–Trinajstić information content (AvgIpc) is 2.28. The number of aromatic hydroxyl groups is 1. The third-order valence-electron chi connectivity index (χ3n) is 2.23. The molecule has 0 aliphatic heterocycles. The quantitative estimate of drug-likeness (QED) is 0.837. The molecule has 2 rings (SSSR count). The summed E-state index contributed by atoms with van der Waals surface area (Å²) >= 11 is 0. The zero-order chi connectivity index (χ0) is 11.5. The minimum atomic E-state index is -0.411. The van der Waals surface area contributed by atoms with E-state index in [1.165, 1.54) is 25.3 Å². The van der Waals surface area contributed by atoms with E-state index in [4.69, 9.17) is 4.74 Å². The molecule has 0 fully saturated rings. The standard InChI is InChI=1S/C13H10FO2/c1-16-11-7-9(6-10(14)8-11)12-4-2-3-5-13(12)15/h2-3,5-8,15H,1H3. The van der Waals surface area contributed by atoms with Crippen LogP contribution in [0.25, 0.3) is 11.1 Å². The Hall–Kier alpha value is -2.03. The van der Waals surface area contributed by atoms with E-state index < -0.39 is 5.82 Å². The van der Waals surface area contributed by atoms with Crippen LogP contribution in [0.3, 0.4) is 0 Å². The molecule has 3 heteroatoms. The molecule has 0 aromatic heterocycles. The topological polar surface area (TPSA) is 29.5 Å². The first-order valence-electron chi connectivity index (χ1n) is 4.75. The number of benzene rings is 2. The fraction of sp³-hybridized carbons (Fsp3) is 0.0769. The molecule has 16 heavy (non-hydrogen) atoms. The van der Waals surface area contributed by atoms with Crippen LogP contribution in [-0.2, 0) is 0 Å². The van der Waals surface area contributed by atoms with Gasteiger partial charge in [0, 0.05) is 11.6 Å². The van der Waals surface area contributed by atoms with Gasteiger partial charge in [0.2, 0.25) is 0 Å². The molecule has 0 amide bonds. The Morgan fingerprint density at radius 1 is 1.31 bits per heavy atom. The van der Waals surface area contributed by atoms with Crippen LogP contribution in [0.2, 0.25) is 0 Å². The molecule has 81 valence electrons. The lowest BCUT2D eigenvalue weighted by atomic mass is 10.0. The van der Waals surface area contributed by atoms with Crippen molar-refractivity contribution in [2.24, 2.45) is 0 Å². The Balaban J connectivity index is 2.56. The van der Waals surface area contributed by atoms with Gasteiger partial charge in [-0.2, -0.15) is 0 Å². The van der Waals surface area contributed by atoms with E-state index in [9.17, 15) is 9.50 Å². The molecule has 1 radical (unpaired) electrons. The van der Waals surface area contributed by atoms with E-state index in [-0.39, 0.29) is 5.75 Å². The summed E-state index contributed by atoms with van der Waals surface area (Å²) in [7, 11) is 1.47. The Morgan fingerprint density at radius 2 is 2.12 bits per heavy atom. The highest BCUT2D eigenvalue weighted by Gasteiger charge is 2.07. The number of halogens is 1. The van der Waals surface area contributed by atoms with Gasteiger partial charge in [-0.15, -0.1) is 0 Å². The fourth-order valence-corrected chi connectivity index (χ4v) is 1.48. The first-order valence-corrected chi connectivity index (χ1v) is 4.75. The van der Waals surface area contributed by atoms with Crippen molar-refractivity contribution in [2.75, 3.05) is 7.11 Å². The van der Waals surface area contributed by atoms with Gasteiger partial charge in [0.15, 0.2) is 0 Å². The molecule has 0 aliphatic carbocycles. The van der Waals surface area contributed by atoms with Crippen LogP contribution in [0.5, 0.6) is 11.5 Å². The summed E-state index contributed by atoms with van der Waals surface area (Å²) in [6.07, 6.45) is 0. The number of ether oxygens (including phenoxy) is 1. The Bertz CT molecular complexity index is 509. The molecule has 0 saturated heterocycles. The predicted molar refractivity (Wildman–Crippen MR) is 58.9 cm³/mol. The predicted octanol–water partition coefficient (Wildman–Crippen LogP) is 3.01. The summed E-state index contributed by atoms with van der Waals surface area (Å²) in [4.78, 5) is 0. The van der Waals surface area contributed by atoms with E-state index in [1.54, 1.807) is 18.2 Å². The van der Waals surface area contributed by atoms with Crippen LogP contribution in [0.4, 0.5) is 4.39 Å². The molecule has 1 N–H and O–H groups in total. The third-order valence-corrected chi connectivity index (χ3v) is 2.23. The number of methoxy groups -OCH3 is 1. The van der Waals surface area contributed by atoms with Crippen LogP contribution in [-0.4, -0.2) is 12.2 Å². The highest BCUT2D eigenvalue weighted by Crippen LogP contribution is 2.31. The van der Waals surface area contributed by atoms with E-state index >= 15 is 0 Å². The molecule has 2 aromatic carbocycles. The van der Waals surface area contributed by atoms with Gasteiger partial charge in [-0.25, -0.2) is 4.39 Å². The van der Waals surface area contributed by atoms with Crippen molar-refractivity contribution in [1.29, 1.82) is 0 Å². The normalized spacial score (nSPS) is 10.1. The Morgan fingerprint density at radius 3 is 2.81 bits per heavy atom. The van der Waals surface area contributed by atoms with Gasteiger partial charge in [0.1, 0.15) is 17.3 Å². The Labute approximate surface area is 92.9 Å². The van der Waals surface area contributed by atoms with E-state index in [1.807, 2.05) is 0 Å². The highest BCUT2D eigenvalue weighted by atomic mass is 19.1. The van der Waals surface area contributed by atoms with Gasteiger partial charge >= 0.3 is 0 Å². The van der Waals surface area contributed by atoms with Crippen LogP contribution >= 0.6 is 0 Å². The maximum absolute atomic E-state index is 13.3. The van der Waals surface area contributed by atoms with E-state index in [0.29, 0.717) is 16.9 Å². The Kier molecular flexibility index (Phi) is 2.77. The molecule has 2 aromatic rings. The second kappa shape index (κ2) is 4.23. The monoisotopic (exact) mass is 217 g/mol. The summed E-state index contributed by atoms with van der Waals surface area (Å²) in [5.41, 5.74) is 0.996. The van der Waals surface area contributed by atoms with E-state index in [2.05, 4.69) is 6.07 Å². The number of phenols is 1. The first kappa shape index (κ1) is 10.5. The molecule has 0 bridgehead atoms. The molecule has 0 unspecified atom stereocenters. The molecule has 2 nitrogen and oxygen atoms in total. The molecular weight excluding hydrogens is 207 g/mol. The van der Waals surface area contributed by atoms with Crippen molar-refractivity contribution in [3.63, 3.8) is 0 Å². The van der Waals surface area contributed by atoms with Crippen LogP contribution in [0.1, 0.15) is 0 Å². The summed E-state index contributed by atoms with van der Waals surface area (Å²) in [5, 5.41) is 9.62. The summed E-state index contributed by atoms with van der Waals surface area (Å²) in [6, 6.07) is 12.0. The highest BCUT2D eigenvalue weighted by molar-refractivity contribution is 5.70. The molecular formula is C13H10FO2. The van der Waals surface area contributed by atoms with Crippen molar-refractivity contribution in [3.8, 4) is 22.6 Å². The second-order valence-corrected chi connectivity index (χ2v) is 3.31. The van der Waals surface area contributed by atoms with Crippen LogP contribution in [0, 0.1) is 11.9 Å². The van der Waals surface area contributed by atoms with Gasteiger partial charge < -0.3 is 9.84 Å². The molecule has 0 atom stereocenters. The first-order chi connectivity index (χ1) is 7.70. The number of phenolic OH excluding ortho intramolecular Hbond substituents is 1. The number of hydrogen-bond donors (Lipinski definition) is 1. The minimum Gasteiger partial charge on any atom is -0.507 e. The largest absolute Gasteiger partial charge is 0.507 e. The van der Waals surface area contributed by atoms with Gasteiger partial charge in [0.05, 0.1) is 7.11 Å². The molecule has 0 heterocycles. The van der Waals surface area contributed by atoms with Crippen LogP contribution in [0.15, 0.2) is 36.4 Å². The maximum atomic E-state index is 13.3. The van der Waals surface area contributed by atoms with Crippen molar-refractivity contribution in [3.05, 3.63) is 48.3 Å². The van der Waals surface area contributed by atoms with Gasteiger partial charge in [-0.3, -0.25) is 0 Å². The lowest BCUT2D eigenvalue weighted by Crippen LogP contribution is -1.87.